The number of H-pyrrole nitrogens is 1. The van der Waals surface area contributed by atoms with E-state index in [0.717, 1.165) is 16.5 Å². The average molecular weight is 263 g/mol. The quantitative estimate of drug-likeness (QED) is 0.558. The fourth-order valence-corrected chi connectivity index (χ4v) is 2.17. The lowest BCUT2D eigenvalue weighted by Crippen LogP contribution is -1.93. The van der Waals surface area contributed by atoms with Crippen molar-refractivity contribution < 1.29 is 9.90 Å². The Morgan fingerprint density at radius 2 is 1.80 bits per heavy atom. The van der Waals surface area contributed by atoms with Crippen molar-refractivity contribution in [1.82, 2.24) is 4.98 Å². The van der Waals surface area contributed by atoms with E-state index in [1.807, 2.05) is 30.5 Å². The van der Waals surface area contributed by atoms with Gasteiger partial charge < -0.3 is 10.1 Å². The molecule has 0 radical (unpaired) electrons. The Morgan fingerprint density at radius 1 is 1.05 bits per heavy atom. The van der Waals surface area contributed by atoms with Crippen molar-refractivity contribution in [2.45, 2.75) is 0 Å². The number of hydrogen-bond acceptors (Lipinski definition) is 2. The maximum atomic E-state index is 12.0. The first kappa shape index (κ1) is 12.2. The van der Waals surface area contributed by atoms with Crippen LogP contribution in [0.4, 0.5) is 0 Å². The Morgan fingerprint density at radius 3 is 2.65 bits per heavy atom. The van der Waals surface area contributed by atoms with Gasteiger partial charge in [0.05, 0.1) is 5.56 Å². The van der Waals surface area contributed by atoms with Gasteiger partial charge in [0.1, 0.15) is 5.75 Å². The van der Waals surface area contributed by atoms with Gasteiger partial charge in [0.15, 0.2) is 5.78 Å². The average Bonchev–Trinajstić information content (AvgIpc) is 2.88. The highest BCUT2D eigenvalue weighted by Gasteiger charge is 2.07. The number of fused-ring (bicyclic) bond motifs is 1. The number of carbonyl (C=O) groups excluding carboxylic acids is 1. The molecule has 0 fully saturated rings. The van der Waals surface area contributed by atoms with Crippen LogP contribution in [0, 0.1) is 0 Å². The van der Waals surface area contributed by atoms with Gasteiger partial charge in [0.2, 0.25) is 0 Å². The van der Waals surface area contributed by atoms with Crippen LogP contribution in [-0.2, 0) is 0 Å². The fourth-order valence-electron chi connectivity index (χ4n) is 2.17. The maximum Gasteiger partial charge on any atom is 0.189 e. The molecule has 20 heavy (non-hydrogen) atoms. The molecule has 0 spiro atoms. The van der Waals surface area contributed by atoms with Gasteiger partial charge in [-0.05, 0) is 35.9 Å². The van der Waals surface area contributed by atoms with Gasteiger partial charge in [-0.3, -0.25) is 4.79 Å². The van der Waals surface area contributed by atoms with Crippen LogP contribution in [0.3, 0.4) is 0 Å². The molecule has 0 bridgehead atoms. The molecule has 0 aliphatic carbocycles. The van der Waals surface area contributed by atoms with Crippen LogP contribution in [-0.4, -0.2) is 15.9 Å². The van der Waals surface area contributed by atoms with E-state index in [1.54, 1.807) is 24.3 Å². The van der Waals surface area contributed by atoms with Crippen molar-refractivity contribution in [2.24, 2.45) is 0 Å². The number of allylic oxidation sites excluding steroid dienone is 1. The number of aromatic amines is 1. The van der Waals surface area contributed by atoms with E-state index in [9.17, 15) is 9.90 Å². The van der Waals surface area contributed by atoms with Gasteiger partial charge >= 0.3 is 0 Å². The Hall–Kier alpha value is -2.81. The first-order valence-corrected chi connectivity index (χ1v) is 6.32. The van der Waals surface area contributed by atoms with Crippen molar-refractivity contribution in [2.75, 3.05) is 0 Å². The molecule has 0 aliphatic heterocycles. The summed E-state index contributed by atoms with van der Waals surface area (Å²) in [4.78, 5) is 15.2. The lowest BCUT2D eigenvalue weighted by Gasteiger charge is -1.98. The lowest BCUT2D eigenvalue weighted by atomic mass is 10.1. The molecule has 0 amide bonds. The van der Waals surface area contributed by atoms with Gasteiger partial charge in [-0.1, -0.05) is 30.3 Å². The Balaban J connectivity index is 1.91. The van der Waals surface area contributed by atoms with E-state index < -0.39 is 0 Å². The van der Waals surface area contributed by atoms with E-state index in [-0.39, 0.29) is 11.5 Å². The van der Waals surface area contributed by atoms with E-state index >= 15 is 0 Å². The normalized spacial score (nSPS) is 11.2. The van der Waals surface area contributed by atoms with E-state index in [1.165, 1.54) is 12.1 Å². The maximum absolute atomic E-state index is 12.0. The number of carbonyl (C=O) groups is 1. The van der Waals surface area contributed by atoms with Crippen LogP contribution in [0.5, 0.6) is 5.75 Å². The van der Waals surface area contributed by atoms with E-state index in [2.05, 4.69) is 4.98 Å². The highest BCUT2D eigenvalue weighted by Crippen LogP contribution is 2.20. The second kappa shape index (κ2) is 5.05. The van der Waals surface area contributed by atoms with Gasteiger partial charge in [-0.2, -0.15) is 0 Å². The summed E-state index contributed by atoms with van der Waals surface area (Å²) in [6, 6.07) is 14.4. The van der Waals surface area contributed by atoms with Crippen LogP contribution in [0.15, 0.2) is 60.8 Å². The van der Waals surface area contributed by atoms with Gasteiger partial charge in [-0.15, -0.1) is 0 Å². The predicted octanol–water partition coefficient (Wildman–Crippen LogP) is 3.77. The summed E-state index contributed by atoms with van der Waals surface area (Å²) in [5.74, 6) is -0.213. The van der Waals surface area contributed by atoms with Crippen LogP contribution in [0.2, 0.25) is 0 Å². The van der Waals surface area contributed by atoms with Crippen LogP contribution in [0.25, 0.3) is 17.0 Å². The Kier molecular flexibility index (Phi) is 3.09. The number of aromatic nitrogens is 1. The van der Waals surface area contributed by atoms with Crippen LogP contribution >= 0.6 is 0 Å². The van der Waals surface area contributed by atoms with Gasteiger partial charge in [-0.25, -0.2) is 0 Å². The molecule has 98 valence electrons. The number of ketones is 1. The van der Waals surface area contributed by atoms with Crippen LogP contribution < -0.4 is 0 Å². The summed E-state index contributed by atoms with van der Waals surface area (Å²) >= 11 is 0. The molecule has 2 N–H and O–H groups in total. The lowest BCUT2D eigenvalue weighted by molar-refractivity contribution is 0.104. The predicted molar refractivity (Wildman–Crippen MR) is 79.8 cm³/mol. The van der Waals surface area contributed by atoms with Gasteiger partial charge in [0.25, 0.3) is 0 Å². The Labute approximate surface area is 116 Å². The molecule has 1 aromatic heterocycles. The highest BCUT2D eigenvalue weighted by atomic mass is 16.3. The molecular weight excluding hydrogens is 250 g/mol. The molecule has 3 rings (SSSR count). The van der Waals surface area contributed by atoms with Crippen molar-refractivity contribution >= 4 is 22.8 Å². The summed E-state index contributed by atoms with van der Waals surface area (Å²) in [6.45, 7) is 0. The highest BCUT2D eigenvalue weighted by molar-refractivity contribution is 6.09. The van der Waals surface area contributed by atoms with Crippen molar-refractivity contribution in [3.8, 4) is 5.75 Å². The Bertz CT molecular complexity index is 799. The summed E-state index contributed by atoms with van der Waals surface area (Å²) in [5, 5.41) is 10.7. The number of phenols is 1. The molecule has 0 saturated heterocycles. The molecule has 2 aromatic carbocycles. The second-order valence-corrected chi connectivity index (χ2v) is 4.50. The number of hydrogen-bond donors (Lipinski definition) is 2. The molecule has 1 heterocycles. The smallest absolute Gasteiger partial charge is 0.189 e. The minimum atomic E-state index is -0.214. The topological polar surface area (TPSA) is 53.1 Å². The zero-order chi connectivity index (χ0) is 13.9. The molecular formula is C17H13NO2. The second-order valence-electron chi connectivity index (χ2n) is 4.50. The zero-order valence-corrected chi connectivity index (χ0v) is 10.7. The molecule has 0 atom stereocenters. The van der Waals surface area contributed by atoms with E-state index in [0.29, 0.717) is 5.56 Å². The number of para-hydroxylation sites is 2. The van der Waals surface area contributed by atoms with Crippen molar-refractivity contribution in [1.29, 1.82) is 0 Å². The van der Waals surface area contributed by atoms with Gasteiger partial charge in [0, 0.05) is 17.1 Å². The first-order valence-electron chi connectivity index (χ1n) is 6.32. The van der Waals surface area contributed by atoms with Crippen LogP contribution in [0.1, 0.15) is 15.9 Å². The molecule has 0 aliphatic rings. The number of phenolic OH excluding ortho intramolecular Hbond substituents is 1. The number of benzene rings is 2. The summed E-state index contributed by atoms with van der Waals surface area (Å²) < 4.78 is 0. The summed E-state index contributed by atoms with van der Waals surface area (Å²) in [7, 11) is 0. The molecule has 3 heteroatoms. The third kappa shape index (κ3) is 2.21. The minimum Gasteiger partial charge on any atom is -0.507 e. The summed E-state index contributed by atoms with van der Waals surface area (Å²) in [6.07, 6.45) is 5.09. The third-order valence-corrected chi connectivity index (χ3v) is 3.21. The largest absolute Gasteiger partial charge is 0.507 e. The monoisotopic (exact) mass is 263 g/mol. The van der Waals surface area contributed by atoms with Crippen molar-refractivity contribution in [3.05, 3.63) is 71.9 Å². The molecule has 3 aromatic rings. The molecule has 3 nitrogen and oxygen atoms in total. The third-order valence-electron chi connectivity index (χ3n) is 3.21. The number of aromatic hydroxyl groups is 1. The number of nitrogens with one attached hydrogen (secondary N) is 1. The minimum absolute atomic E-state index is 0.000997. The first-order chi connectivity index (χ1) is 9.75. The fraction of sp³-hybridized carbons (Fsp3) is 0. The standard InChI is InChI=1S/C17H13NO2/c19-16-8-4-2-6-14(16)17(20)10-9-12-11-18-15-7-3-1-5-13(12)15/h1-11,18-19H/b10-9-. The molecule has 0 saturated carbocycles. The van der Waals surface area contributed by atoms with E-state index in [4.69, 9.17) is 0 Å². The van der Waals surface area contributed by atoms with Crippen molar-refractivity contribution in [3.63, 3.8) is 0 Å². The number of rotatable bonds is 3. The zero-order valence-electron chi connectivity index (χ0n) is 10.7. The SMILES string of the molecule is O=C(/C=C\c1c[nH]c2ccccc12)c1ccccc1O. The molecule has 0 unspecified atom stereocenters. The summed E-state index contributed by atoms with van der Waals surface area (Å²) in [5.41, 5.74) is 2.29.